The number of carbonyl (C=O) groups is 1. The molecule has 1 saturated heterocycles. The van der Waals surface area contributed by atoms with Crippen molar-refractivity contribution in [3.8, 4) is 11.3 Å². The number of likely N-dealkylation sites (tertiary alicyclic amines) is 1. The van der Waals surface area contributed by atoms with Crippen molar-refractivity contribution in [2.24, 2.45) is 11.7 Å². The predicted octanol–water partition coefficient (Wildman–Crippen LogP) is 4.05. The lowest BCUT2D eigenvalue weighted by atomic mass is 9.96. The van der Waals surface area contributed by atoms with E-state index in [-0.39, 0.29) is 17.6 Å². The second-order valence-corrected chi connectivity index (χ2v) is 7.68. The molecule has 144 valence electrons. The summed E-state index contributed by atoms with van der Waals surface area (Å²) >= 11 is 0. The molecule has 2 aromatic carbocycles. The molecule has 2 N–H and O–H groups in total. The van der Waals surface area contributed by atoms with Crippen molar-refractivity contribution in [1.82, 2.24) is 9.88 Å². The van der Waals surface area contributed by atoms with Crippen molar-refractivity contribution in [3.63, 3.8) is 0 Å². The van der Waals surface area contributed by atoms with Gasteiger partial charge in [-0.2, -0.15) is 0 Å². The number of amides is 1. The molecule has 2 heterocycles. The molecular weight excluding hydrogens is 353 g/mol. The summed E-state index contributed by atoms with van der Waals surface area (Å²) in [6, 6.07) is 14.8. The second-order valence-electron chi connectivity index (χ2n) is 7.68. The number of aromatic nitrogens is 1. The molecule has 28 heavy (non-hydrogen) atoms. The van der Waals surface area contributed by atoms with Crippen LogP contribution in [-0.2, 0) is 11.3 Å². The van der Waals surface area contributed by atoms with Gasteiger partial charge in [-0.25, -0.2) is 9.37 Å². The molecule has 1 aliphatic heterocycles. The Morgan fingerprint density at radius 1 is 1.21 bits per heavy atom. The molecule has 0 bridgehead atoms. The molecule has 0 saturated carbocycles. The van der Waals surface area contributed by atoms with Gasteiger partial charge in [0, 0.05) is 24.0 Å². The number of halogens is 1. The van der Waals surface area contributed by atoms with E-state index in [1.165, 1.54) is 17.7 Å². The van der Waals surface area contributed by atoms with E-state index < -0.39 is 0 Å². The predicted molar refractivity (Wildman–Crippen MR) is 109 cm³/mol. The Labute approximate surface area is 164 Å². The number of fused-ring (bicyclic) bond motifs is 1. The Bertz CT molecular complexity index is 1020. The SMILES string of the molecule is Cc1ccc2nc(-c3ccc(F)cc3)c(CN3CCCC(C(N)=O)C3)cc2c1. The summed E-state index contributed by atoms with van der Waals surface area (Å²) in [6.45, 7) is 4.35. The molecule has 1 amide bonds. The fourth-order valence-corrected chi connectivity index (χ4v) is 3.99. The summed E-state index contributed by atoms with van der Waals surface area (Å²) in [5, 5.41) is 1.09. The number of hydrogen-bond donors (Lipinski definition) is 1. The van der Waals surface area contributed by atoms with E-state index >= 15 is 0 Å². The van der Waals surface area contributed by atoms with E-state index in [1.54, 1.807) is 12.1 Å². The second kappa shape index (κ2) is 7.68. The number of carbonyl (C=O) groups excluding carboxylic acids is 1. The highest BCUT2D eigenvalue weighted by atomic mass is 19.1. The number of benzene rings is 2. The number of nitrogens with zero attached hydrogens (tertiary/aromatic N) is 2. The Hall–Kier alpha value is -2.79. The summed E-state index contributed by atoms with van der Waals surface area (Å²) in [6.07, 6.45) is 1.81. The molecule has 0 spiro atoms. The van der Waals surface area contributed by atoms with Crippen LogP contribution < -0.4 is 5.73 Å². The minimum absolute atomic E-state index is 0.0984. The molecule has 4 rings (SSSR count). The van der Waals surface area contributed by atoms with Crippen LogP contribution in [0.2, 0.25) is 0 Å². The van der Waals surface area contributed by atoms with Gasteiger partial charge < -0.3 is 5.73 Å². The maximum absolute atomic E-state index is 13.4. The lowest BCUT2D eigenvalue weighted by Crippen LogP contribution is -2.40. The molecule has 5 heteroatoms. The van der Waals surface area contributed by atoms with Gasteiger partial charge in [-0.05, 0) is 74.3 Å². The van der Waals surface area contributed by atoms with E-state index in [1.807, 2.05) is 12.1 Å². The zero-order valence-electron chi connectivity index (χ0n) is 16.0. The molecule has 1 aromatic heterocycles. The zero-order valence-corrected chi connectivity index (χ0v) is 16.0. The Morgan fingerprint density at radius 3 is 2.75 bits per heavy atom. The number of aryl methyl sites for hydroxylation is 1. The van der Waals surface area contributed by atoms with Gasteiger partial charge >= 0.3 is 0 Å². The van der Waals surface area contributed by atoms with Crippen LogP contribution in [0.5, 0.6) is 0 Å². The van der Waals surface area contributed by atoms with Gasteiger partial charge in [0.2, 0.25) is 5.91 Å². The van der Waals surface area contributed by atoms with Crippen LogP contribution in [0.25, 0.3) is 22.2 Å². The standard InChI is InChI=1S/C23H24FN3O/c1-15-4-9-21-18(11-15)12-19(14-27-10-2-3-17(13-27)23(25)28)22(26-21)16-5-7-20(24)8-6-16/h4-9,11-12,17H,2-3,10,13-14H2,1H3,(H2,25,28). The first-order valence-electron chi connectivity index (χ1n) is 9.67. The van der Waals surface area contributed by atoms with Crippen LogP contribution in [0, 0.1) is 18.7 Å². The average Bonchev–Trinajstić information content (AvgIpc) is 2.68. The van der Waals surface area contributed by atoms with E-state index in [0.717, 1.165) is 47.1 Å². The van der Waals surface area contributed by atoms with Gasteiger partial charge in [0.1, 0.15) is 5.82 Å². The summed E-state index contributed by atoms with van der Waals surface area (Å²) < 4.78 is 13.4. The van der Waals surface area contributed by atoms with Crippen molar-refractivity contribution in [1.29, 1.82) is 0 Å². The Morgan fingerprint density at radius 2 is 2.00 bits per heavy atom. The largest absolute Gasteiger partial charge is 0.369 e. The molecule has 4 nitrogen and oxygen atoms in total. The van der Waals surface area contributed by atoms with Gasteiger partial charge in [-0.1, -0.05) is 11.6 Å². The third kappa shape index (κ3) is 3.90. The van der Waals surface area contributed by atoms with Crippen molar-refractivity contribution >= 4 is 16.8 Å². The number of piperidine rings is 1. The fraction of sp³-hybridized carbons (Fsp3) is 0.304. The third-order valence-electron chi connectivity index (χ3n) is 5.47. The van der Waals surface area contributed by atoms with Crippen LogP contribution in [0.3, 0.4) is 0 Å². The first-order chi connectivity index (χ1) is 13.5. The normalized spacial score (nSPS) is 17.7. The summed E-state index contributed by atoms with van der Waals surface area (Å²) in [5.41, 5.74) is 10.5. The minimum Gasteiger partial charge on any atom is -0.369 e. The molecular formula is C23H24FN3O. The van der Waals surface area contributed by atoms with E-state index in [4.69, 9.17) is 10.7 Å². The van der Waals surface area contributed by atoms with Gasteiger partial charge in [0.15, 0.2) is 0 Å². The maximum Gasteiger partial charge on any atom is 0.221 e. The molecule has 1 atom stereocenters. The van der Waals surface area contributed by atoms with Crippen molar-refractivity contribution in [2.45, 2.75) is 26.3 Å². The fourth-order valence-electron chi connectivity index (χ4n) is 3.99. The lowest BCUT2D eigenvalue weighted by Gasteiger charge is -2.31. The molecule has 0 radical (unpaired) electrons. The highest BCUT2D eigenvalue weighted by molar-refractivity contribution is 5.84. The first kappa shape index (κ1) is 18.6. The minimum atomic E-state index is -0.262. The van der Waals surface area contributed by atoms with E-state index in [9.17, 15) is 9.18 Å². The maximum atomic E-state index is 13.4. The van der Waals surface area contributed by atoms with Crippen LogP contribution in [0.1, 0.15) is 24.0 Å². The number of nitrogens with two attached hydrogens (primary N) is 1. The molecule has 1 fully saturated rings. The van der Waals surface area contributed by atoms with Crippen LogP contribution in [-0.4, -0.2) is 28.9 Å². The summed E-state index contributed by atoms with van der Waals surface area (Å²) in [7, 11) is 0. The number of rotatable bonds is 4. The first-order valence-corrected chi connectivity index (χ1v) is 9.67. The lowest BCUT2D eigenvalue weighted by molar-refractivity contribution is -0.123. The Balaban J connectivity index is 1.75. The molecule has 1 unspecified atom stereocenters. The average molecular weight is 377 g/mol. The quantitative estimate of drug-likeness (QED) is 0.746. The van der Waals surface area contributed by atoms with E-state index in [2.05, 4.69) is 24.0 Å². The summed E-state index contributed by atoms with van der Waals surface area (Å²) in [4.78, 5) is 18.8. The highest BCUT2D eigenvalue weighted by Gasteiger charge is 2.25. The van der Waals surface area contributed by atoms with Gasteiger partial charge in [0.05, 0.1) is 17.1 Å². The van der Waals surface area contributed by atoms with Gasteiger partial charge in [-0.3, -0.25) is 9.69 Å². The van der Waals surface area contributed by atoms with Crippen molar-refractivity contribution in [2.75, 3.05) is 13.1 Å². The van der Waals surface area contributed by atoms with Crippen LogP contribution >= 0.6 is 0 Å². The highest BCUT2D eigenvalue weighted by Crippen LogP contribution is 2.29. The molecule has 0 aliphatic carbocycles. The van der Waals surface area contributed by atoms with Crippen molar-refractivity contribution in [3.05, 3.63) is 65.5 Å². The monoisotopic (exact) mass is 377 g/mol. The van der Waals surface area contributed by atoms with E-state index in [0.29, 0.717) is 13.1 Å². The van der Waals surface area contributed by atoms with Crippen LogP contribution in [0.15, 0.2) is 48.5 Å². The number of pyridine rings is 1. The van der Waals surface area contributed by atoms with Gasteiger partial charge in [0.25, 0.3) is 0 Å². The van der Waals surface area contributed by atoms with Gasteiger partial charge in [-0.15, -0.1) is 0 Å². The topological polar surface area (TPSA) is 59.2 Å². The third-order valence-corrected chi connectivity index (χ3v) is 5.47. The summed E-state index contributed by atoms with van der Waals surface area (Å²) in [5.74, 6) is -0.587. The smallest absolute Gasteiger partial charge is 0.221 e. The number of primary amides is 1. The Kier molecular flexibility index (Phi) is 5.09. The zero-order chi connectivity index (χ0) is 19.7. The van der Waals surface area contributed by atoms with Crippen LogP contribution in [0.4, 0.5) is 4.39 Å². The molecule has 1 aliphatic rings. The number of hydrogen-bond acceptors (Lipinski definition) is 3. The van der Waals surface area contributed by atoms with Crippen molar-refractivity contribution < 1.29 is 9.18 Å². The molecule has 3 aromatic rings.